The molecular weight excluding hydrogens is 804 g/mol. The SMILES string of the molecule is CNC(=O)COc1cc2cc(Nc3nc(N4CCN(CC5CCN(c6cc7c(c(OC)c6)C(=O)N(C6CCC(=O)NC6=O)C7)CC5)CC4)ncc3Cl)ccc2n(C(C)C)c1=O. The van der Waals surface area contributed by atoms with Crippen molar-refractivity contribution in [3.05, 3.63) is 69.1 Å². The van der Waals surface area contributed by atoms with Crippen molar-refractivity contribution in [2.45, 2.75) is 58.2 Å². The van der Waals surface area contributed by atoms with Crippen LogP contribution in [0.1, 0.15) is 61.5 Å². The van der Waals surface area contributed by atoms with E-state index in [9.17, 15) is 24.0 Å². The Labute approximate surface area is 358 Å². The summed E-state index contributed by atoms with van der Waals surface area (Å²) in [6.45, 7) is 9.94. The molecule has 18 heteroatoms. The van der Waals surface area contributed by atoms with Crippen LogP contribution in [-0.2, 0) is 20.9 Å². The molecule has 1 atom stereocenters. The number of hydrogen-bond acceptors (Lipinski definition) is 13. The van der Waals surface area contributed by atoms with Gasteiger partial charge in [0.25, 0.3) is 17.4 Å². The van der Waals surface area contributed by atoms with Gasteiger partial charge in [0, 0.05) is 94.7 Å². The Balaban J connectivity index is 0.861. The van der Waals surface area contributed by atoms with Gasteiger partial charge in [0.1, 0.15) is 16.8 Å². The number of carbonyl (C=O) groups is 4. The predicted molar refractivity (Wildman–Crippen MR) is 231 cm³/mol. The minimum absolute atomic E-state index is 0.0902. The summed E-state index contributed by atoms with van der Waals surface area (Å²) in [5.41, 5.74) is 3.48. The quantitative estimate of drug-likeness (QED) is 0.176. The van der Waals surface area contributed by atoms with Crippen molar-refractivity contribution in [2.75, 3.05) is 81.7 Å². The Hall–Kier alpha value is -5.94. The van der Waals surface area contributed by atoms with Crippen molar-refractivity contribution < 1.29 is 28.7 Å². The number of pyridine rings is 1. The number of piperazine rings is 1. The second kappa shape index (κ2) is 17.6. The monoisotopic (exact) mass is 854 g/mol. The molecule has 4 amide bonds. The third kappa shape index (κ3) is 8.66. The Kier molecular flexibility index (Phi) is 12.0. The number of halogens is 1. The Morgan fingerprint density at radius 3 is 2.44 bits per heavy atom. The minimum atomic E-state index is -0.673. The first kappa shape index (κ1) is 41.8. The molecule has 322 valence electrons. The molecule has 0 bridgehead atoms. The molecule has 8 rings (SSSR count). The Morgan fingerprint density at radius 1 is 0.967 bits per heavy atom. The molecule has 6 heterocycles. The number of ether oxygens (including phenoxy) is 2. The lowest BCUT2D eigenvalue weighted by Gasteiger charge is -2.39. The van der Waals surface area contributed by atoms with Crippen LogP contribution < -0.4 is 40.8 Å². The lowest BCUT2D eigenvalue weighted by Crippen LogP contribution is -2.52. The third-order valence-electron chi connectivity index (χ3n) is 12.1. The van der Waals surface area contributed by atoms with Gasteiger partial charge in [-0.25, -0.2) is 4.98 Å². The fourth-order valence-corrected chi connectivity index (χ4v) is 8.97. The van der Waals surface area contributed by atoms with Crippen molar-refractivity contribution in [2.24, 2.45) is 5.92 Å². The summed E-state index contributed by atoms with van der Waals surface area (Å²) in [6, 6.07) is 10.5. The number of imide groups is 1. The maximum atomic E-state index is 13.5. The van der Waals surface area contributed by atoms with Crippen molar-refractivity contribution in [3.8, 4) is 11.5 Å². The molecule has 61 heavy (non-hydrogen) atoms. The standard InChI is InChI=1S/C43H51ClN10O7/c1-25(2)54-32-6-5-29(17-27(32)19-35(41(54)58)61-24-37(56)45-3)47-39-31(44)21-46-43(49-39)52-15-13-50(14-16-52)22-26-9-11-51(12-10-26)30-18-28-23-53(33-7-8-36(55)48-40(33)57)42(59)38(28)34(20-30)60-4/h5-6,17-21,25-26,33H,7-16,22-24H2,1-4H3,(H,45,56)(H,46,47,49)(H,48,55,57). The number of carbonyl (C=O) groups excluding carboxylic acids is 4. The summed E-state index contributed by atoms with van der Waals surface area (Å²) >= 11 is 6.61. The zero-order valence-electron chi connectivity index (χ0n) is 34.8. The van der Waals surface area contributed by atoms with Crippen LogP contribution in [0.5, 0.6) is 11.5 Å². The lowest BCUT2D eigenvalue weighted by molar-refractivity contribution is -0.137. The summed E-state index contributed by atoms with van der Waals surface area (Å²) in [7, 11) is 3.08. The number of nitrogens with zero attached hydrogens (tertiary/aromatic N) is 7. The molecule has 3 saturated heterocycles. The Bertz CT molecular complexity index is 2430. The van der Waals surface area contributed by atoms with Crippen molar-refractivity contribution in [1.29, 1.82) is 0 Å². The van der Waals surface area contributed by atoms with Gasteiger partial charge in [0.05, 0.1) is 24.4 Å². The van der Waals surface area contributed by atoms with E-state index in [4.69, 9.17) is 26.1 Å². The van der Waals surface area contributed by atoms with Gasteiger partial charge in [0.2, 0.25) is 17.8 Å². The second-order valence-electron chi connectivity index (χ2n) is 16.3. The normalized spacial score (nSPS) is 18.8. The van der Waals surface area contributed by atoms with Gasteiger partial charge in [0.15, 0.2) is 18.2 Å². The van der Waals surface area contributed by atoms with Crippen LogP contribution in [0.25, 0.3) is 10.9 Å². The molecule has 4 aliphatic rings. The van der Waals surface area contributed by atoms with Gasteiger partial charge >= 0.3 is 0 Å². The number of benzene rings is 2. The maximum absolute atomic E-state index is 13.5. The molecule has 1 unspecified atom stereocenters. The third-order valence-corrected chi connectivity index (χ3v) is 12.4. The first-order valence-electron chi connectivity index (χ1n) is 20.8. The molecular formula is C43H51ClN10O7. The molecule has 0 saturated carbocycles. The number of rotatable bonds is 12. The number of nitrogens with one attached hydrogen (secondary N) is 3. The first-order valence-corrected chi connectivity index (χ1v) is 21.2. The van der Waals surface area contributed by atoms with E-state index in [0.717, 1.165) is 80.8 Å². The lowest BCUT2D eigenvalue weighted by atomic mass is 9.95. The van der Waals surface area contributed by atoms with Gasteiger partial charge in [-0.1, -0.05) is 11.6 Å². The number of piperidine rings is 2. The average molecular weight is 855 g/mol. The summed E-state index contributed by atoms with van der Waals surface area (Å²) in [5, 5.41) is 9.33. The number of aromatic nitrogens is 3. The van der Waals surface area contributed by atoms with Gasteiger partial charge in [-0.3, -0.25) is 34.2 Å². The van der Waals surface area contributed by atoms with E-state index in [-0.39, 0.29) is 48.1 Å². The van der Waals surface area contributed by atoms with E-state index in [1.807, 2.05) is 38.1 Å². The summed E-state index contributed by atoms with van der Waals surface area (Å²) < 4.78 is 13.0. The number of methoxy groups -OCH3 is 1. The van der Waals surface area contributed by atoms with Gasteiger partial charge < -0.3 is 39.4 Å². The number of hydrogen-bond donors (Lipinski definition) is 3. The van der Waals surface area contributed by atoms with Crippen LogP contribution in [-0.4, -0.2) is 121 Å². The molecule has 0 aliphatic carbocycles. The molecule has 17 nitrogen and oxygen atoms in total. The number of fused-ring (bicyclic) bond motifs is 2. The highest BCUT2D eigenvalue weighted by Crippen LogP contribution is 2.38. The van der Waals surface area contributed by atoms with Gasteiger partial charge in [-0.2, -0.15) is 4.98 Å². The topological polar surface area (TPSA) is 184 Å². The zero-order chi connectivity index (χ0) is 42.9. The van der Waals surface area contributed by atoms with Crippen LogP contribution in [0.4, 0.5) is 23.1 Å². The maximum Gasteiger partial charge on any atom is 0.293 e. The molecule has 2 aromatic carbocycles. The van der Waals surface area contributed by atoms with Gasteiger partial charge in [-0.15, -0.1) is 0 Å². The average Bonchev–Trinajstić information content (AvgIpc) is 3.59. The van der Waals surface area contributed by atoms with E-state index >= 15 is 0 Å². The first-order chi connectivity index (χ1) is 29.4. The predicted octanol–water partition coefficient (Wildman–Crippen LogP) is 3.70. The van der Waals surface area contributed by atoms with Crippen LogP contribution in [0.15, 0.2) is 47.4 Å². The largest absolute Gasteiger partial charge is 0.496 e. The van der Waals surface area contributed by atoms with E-state index in [1.165, 1.54) is 7.05 Å². The minimum Gasteiger partial charge on any atom is -0.496 e. The molecule has 3 N–H and O–H groups in total. The smallest absolute Gasteiger partial charge is 0.293 e. The summed E-state index contributed by atoms with van der Waals surface area (Å²) in [5.74, 6) is 0.887. The van der Waals surface area contributed by atoms with Crippen LogP contribution in [0.3, 0.4) is 0 Å². The molecule has 4 aromatic rings. The molecule has 2 aromatic heterocycles. The molecule has 4 aliphatic heterocycles. The van der Waals surface area contributed by atoms with E-state index in [2.05, 4.69) is 41.7 Å². The second-order valence-corrected chi connectivity index (χ2v) is 16.7. The fourth-order valence-electron chi connectivity index (χ4n) is 8.83. The van der Waals surface area contributed by atoms with Gasteiger partial charge in [-0.05, 0) is 74.9 Å². The number of anilines is 4. The highest BCUT2D eigenvalue weighted by Gasteiger charge is 2.41. The fraction of sp³-hybridized carbons (Fsp3) is 0.465. The van der Waals surface area contributed by atoms with Crippen molar-refractivity contribution in [3.63, 3.8) is 0 Å². The highest BCUT2D eigenvalue weighted by molar-refractivity contribution is 6.33. The molecule has 0 spiro atoms. The Morgan fingerprint density at radius 2 is 1.74 bits per heavy atom. The van der Waals surface area contributed by atoms with Crippen molar-refractivity contribution in [1.82, 2.24) is 35.0 Å². The number of likely N-dealkylation sites (N-methyl/N-ethyl adjacent to an activating group) is 1. The number of amides is 4. The van der Waals surface area contributed by atoms with Crippen LogP contribution >= 0.6 is 11.6 Å². The summed E-state index contributed by atoms with van der Waals surface area (Å²) in [6.07, 6.45) is 4.20. The zero-order valence-corrected chi connectivity index (χ0v) is 35.6. The molecule has 3 fully saturated rings. The van der Waals surface area contributed by atoms with Crippen LogP contribution in [0, 0.1) is 5.92 Å². The van der Waals surface area contributed by atoms with Crippen LogP contribution in [0.2, 0.25) is 5.02 Å². The summed E-state index contributed by atoms with van der Waals surface area (Å²) in [4.78, 5) is 80.8. The van der Waals surface area contributed by atoms with Crippen molar-refractivity contribution >= 4 is 69.3 Å². The molecule has 0 radical (unpaired) electrons. The highest BCUT2D eigenvalue weighted by atomic mass is 35.5. The van der Waals surface area contributed by atoms with E-state index in [0.29, 0.717) is 52.7 Å². The van der Waals surface area contributed by atoms with E-state index in [1.54, 1.807) is 28.8 Å². The van der Waals surface area contributed by atoms with E-state index < -0.39 is 11.9 Å².